The first-order chi connectivity index (χ1) is 15.3. The average molecular weight is 452 g/mol. The molecule has 1 aliphatic rings. The van der Waals surface area contributed by atoms with Gasteiger partial charge in [-0.15, -0.1) is 0 Å². The maximum atomic E-state index is 12.4. The summed E-state index contributed by atoms with van der Waals surface area (Å²) >= 11 is 0. The zero-order valence-corrected chi connectivity index (χ0v) is 17.6. The number of halogens is 3. The third kappa shape index (κ3) is 8.58. The van der Waals surface area contributed by atoms with Crippen molar-refractivity contribution in [1.82, 2.24) is 9.80 Å². The number of benzene rings is 2. The molecular formula is C23H27F3N2O4. The van der Waals surface area contributed by atoms with Crippen molar-refractivity contribution in [1.29, 1.82) is 0 Å². The zero-order chi connectivity index (χ0) is 23.4. The zero-order valence-electron chi connectivity index (χ0n) is 17.6. The highest BCUT2D eigenvalue weighted by Crippen LogP contribution is 2.25. The molecule has 1 fully saturated rings. The molecule has 1 atom stereocenters. The quantitative estimate of drug-likeness (QED) is 0.644. The van der Waals surface area contributed by atoms with Crippen molar-refractivity contribution in [2.75, 3.05) is 32.8 Å². The predicted molar refractivity (Wildman–Crippen MR) is 113 cm³/mol. The standard InChI is InChI=1S/C22H25F3N2O2.CH2O2/c23-22(24,25)12-11-21(28)27-15-13-26(14-16-27)20(18-7-3-1-4-8-18)17-29-19-9-5-2-6-10-19;2-1-3/h1-10,20H,11-17H2;1H,(H,2,3). The monoisotopic (exact) mass is 452 g/mol. The lowest BCUT2D eigenvalue weighted by Crippen LogP contribution is -2.50. The van der Waals surface area contributed by atoms with E-state index in [2.05, 4.69) is 4.90 Å². The maximum Gasteiger partial charge on any atom is 0.389 e. The van der Waals surface area contributed by atoms with Gasteiger partial charge in [-0.05, 0) is 17.7 Å². The fourth-order valence-corrected chi connectivity index (χ4v) is 3.47. The maximum absolute atomic E-state index is 12.4. The molecule has 1 amide bonds. The number of hydrogen-bond donors (Lipinski definition) is 1. The lowest BCUT2D eigenvalue weighted by atomic mass is 10.0. The summed E-state index contributed by atoms with van der Waals surface area (Å²) in [6, 6.07) is 19.5. The molecule has 0 aliphatic carbocycles. The van der Waals surface area contributed by atoms with E-state index in [-0.39, 0.29) is 12.5 Å². The summed E-state index contributed by atoms with van der Waals surface area (Å²) in [6.07, 6.45) is -5.85. The van der Waals surface area contributed by atoms with Crippen molar-refractivity contribution in [2.24, 2.45) is 0 Å². The van der Waals surface area contributed by atoms with Gasteiger partial charge in [0.15, 0.2) is 0 Å². The summed E-state index contributed by atoms with van der Waals surface area (Å²) in [5.41, 5.74) is 1.11. The Morgan fingerprint density at radius 2 is 1.53 bits per heavy atom. The molecular weight excluding hydrogens is 425 g/mol. The van der Waals surface area contributed by atoms with Gasteiger partial charge < -0.3 is 14.7 Å². The molecule has 3 rings (SSSR count). The van der Waals surface area contributed by atoms with E-state index in [9.17, 15) is 18.0 Å². The van der Waals surface area contributed by atoms with Gasteiger partial charge in [0.25, 0.3) is 6.47 Å². The largest absolute Gasteiger partial charge is 0.492 e. The summed E-state index contributed by atoms with van der Waals surface area (Å²) in [4.78, 5) is 24.2. The highest BCUT2D eigenvalue weighted by atomic mass is 19.4. The summed E-state index contributed by atoms with van der Waals surface area (Å²) < 4.78 is 43.1. The molecule has 1 unspecified atom stereocenters. The Kier molecular flexibility index (Phi) is 10.0. The van der Waals surface area contributed by atoms with Crippen molar-refractivity contribution >= 4 is 12.4 Å². The number of para-hydroxylation sites is 1. The second kappa shape index (κ2) is 12.7. The third-order valence-electron chi connectivity index (χ3n) is 5.07. The van der Waals surface area contributed by atoms with Crippen LogP contribution in [0.15, 0.2) is 60.7 Å². The van der Waals surface area contributed by atoms with Gasteiger partial charge in [-0.3, -0.25) is 14.5 Å². The molecule has 174 valence electrons. The number of carbonyl (C=O) groups is 2. The van der Waals surface area contributed by atoms with Gasteiger partial charge in [-0.1, -0.05) is 48.5 Å². The van der Waals surface area contributed by atoms with Crippen molar-refractivity contribution in [3.63, 3.8) is 0 Å². The molecule has 32 heavy (non-hydrogen) atoms. The van der Waals surface area contributed by atoms with Crippen LogP contribution in [0.4, 0.5) is 13.2 Å². The van der Waals surface area contributed by atoms with E-state index < -0.39 is 24.9 Å². The lowest BCUT2D eigenvalue weighted by molar-refractivity contribution is -0.150. The van der Waals surface area contributed by atoms with Crippen LogP contribution in [-0.2, 0) is 9.59 Å². The third-order valence-corrected chi connectivity index (χ3v) is 5.07. The fourth-order valence-electron chi connectivity index (χ4n) is 3.47. The number of carboxylic acid groups (broad SMARTS) is 1. The van der Waals surface area contributed by atoms with Crippen LogP contribution in [0, 0.1) is 0 Å². The normalized spacial score (nSPS) is 15.3. The number of amides is 1. The number of hydrogen-bond acceptors (Lipinski definition) is 4. The van der Waals surface area contributed by atoms with E-state index in [1.54, 1.807) is 0 Å². The predicted octanol–water partition coefficient (Wildman–Crippen LogP) is 3.99. The van der Waals surface area contributed by atoms with Crippen molar-refractivity contribution in [3.05, 3.63) is 66.2 Å². The summed E-state index contributed by atoms with van der Waals surface area (Å²) in [7, 11) is 0. The van der Waals surface area contributed by atoms with E-state index >= 15 is 0 Å². The number of carbonyl (C=O) groups excluding carboxylic acids is 1. The SMILES string of the molecule is O=C(CCC(F)(F)F)N1CCN(C(COc2ccccc2)c2ccccc2)CC1.O=CO. The van der Waals surface area contributed by atoms with Crippen LogP contribution in [0.5, 0.6) is 5.75 Å². The Bertz CT molecular complexity index is 811. The second-order valence-corrected chi connectivity index (χ2v) is 7.19. The summed E-state index contributed by atoms with van der Waals surface area (Å²) in [5, 5.41) is 6.89. The highest BCUT2D eigenvalue weighted by Gasteiger charge is 2.31. The molecule has 0 radical (unpaired) electrons. The number of nitrogens with zero attached hydrogens (tertiary/aromatic N) is 2. The van der Waals surface area contributed by atoms with Crippen molar-refractivity contribution in [2.45, 2.75) is 25.1 Å². The summed E-state index contributed by atoms with van der Waals surface area (Å²) in [6.45, 7) is 2.23. The van der Waals surface area contributed by atoms with E-state index in [0.29, 0.717) is 32.8 Å². The van der Waals surface area contributed by atoms with Crippen LogP contribution in [0.3, 0.4) is 0 Å². The first-order valence-corrected chi connectivity index (χ1v) is 10.2. The molecule has 1 N–H and O–H groups in total. The number of ether oxygens (including phenoxy) is 1. The van der Waals surface area contributed by atoms with Gasteiger partial charge in [0, 0.05) is 32.6 Å². The molecule has 0 aromatic heterocycles. The highest BCUT2D eigenvalue weighted by molar-refractivity contribution is 5.76. The Balaban J connectivity index is 0.00000114. The second-order valence-electron chi connectivity index (χ2n) is 7.19. The van der Waals surface area contributed by atoms with Crippen LogP contribution in [0.2, 0.25) is 0 Å². The van der Waals surface area contributed by atoms with E-state index in [4.69, 9.17) is 14.6 Å². The molecule has 6 nitrogen and oxygen atoms in total. The number of piperazine rings is 1. The lowest BCUT2D eigenvalue weighted by Gasteiger charge is -2.39. The number of alkyl halides is 3. The summed E-state index contributed by atoms with van der Waals surface area (Å²) in [5.74, 6) is 0.355. The van der Waals surface area contributed by atoms with E-state index in [1.165, 1.54) is 4.90 Å². The first kappa shape index (κ1) is 25.2. The Morgan fingerprint density at radius 1 is 1.00 bits per heavy atom. The molecule has 0 bridgehead atoms. The van der Waals surface area contributed by atoms with Crippen LogP contribution in [-0.4, -0.2) is 66.2 Å². The van der Waals surface area contributed by atoms with Gasteiger partial charge in [-0.25, -0.2) is 0 Å². The van der Waals surface area contributed by atoms with Gasteiger partial charge in [-0.2, -0.15) is 13.2 Å². The molecule has 0 saturated carbocycles. The Labute approximate surface area is 185 Å². The minimum absolute atomic E-state index is 0.00355. The minimum atomic E-state index is -4.30. The molecule has 2 aromatic carbocycles. The minimum Gasteiger partial charge on any atom is -0.492 e. The van der Waals surface area contributed by atoms with Crippen LogP contribution < -0.4 is 4.74 Å². The fraction of sp³-hybridized carbons (Fsp3) is 0.391. The molecule has 0 spiro atoms. The molecule has 2 aromatic rings. The van der Waals surface area contributed by atoms with Crippen molar-refractivity contribution in [3.8, 4) is 5.75 Å². The van der Waals surface area contributed by atoms with Gasteiger partial charge >= 0.3 is 6.18 Å². The molecule has 1 aliphatic heterocycles. The van der Waals surface area contributed by atoms with Gasteiger partial charge in [0.1, 0.15) is 12.4 Å². The molecule has 1 heterocycles. The Hall–Kier alpha value is -3.07. The smallest absolute Gasteiger partial charge is 0.389 e. The topological polar surface area (TPSA) is 70.1 Å². The Morgan fingerprint density at radius 3 is 2.06 bits per heavy atom. The average Bonchev–Trinajstić information content (AvgIpc) is 2.79. The van der Waals surface area contributed by atoms with Crippen LogP contribution >= 0.6 is 0 Å². The van der Waals surface area contributed by atoms with Crippen LogP contribution in [0.25, 0.3) is 0 Å². The van der Waals surface area contributed by atoms with E-state index in [1.807, 2.05) is 60.7 Å². The van der Waals surface area contributed by atoms with E-state index in [0.717, 1.165) is 11.3 Å². The van der Waals surface area contributed by atoms with Crippen LogP contribution in [0.1, 0.15) is 24.4 Å². The first-order valence-electron chi connectivity index (χ1n) is 10.2. The van der Waals surface area contributed by atoms with Gasteiger partial charge in [0.05, 0.1) is 12.5 Å². The molecule has 1 saturated heterocycles. The van der Waals surface area contributed by atoms with Crippen molar-refractivity contribution < 1.29 is 32.6 Å². The van der Waals surface area contributed by atoms with Gasteiger partial charge in [0.2, 0.25) is 5.91 Å². The number of rotatable bonds is 7. The molecule has 9 heteroatoms.